The molecule has 0 aliphatic heterocycles. The maximum absolute atomic E-state index is 11.8. The lowest BCUT2D eigenvalue weighted by Crippen LogP contribution is -1.98. The van der Waals surface area contributed by atoms with Crippen molar-refractivity contribution in [2.45, 2.75) is 40.5 Å². The summed E-state index contributed by atoms with van der Waals surface area (Å²) in [6, 6.07) is 38.3. The van der Waals surface area contributed by atoms with E-state index in [4.69, 9.17) is 0 Å². The second-order valence-corrected chi connectivity index (χ2v) is 10.4. The van der Waals surface area contributed by atoms with Crippen molar-refractivity contribution in [3.63, 3.8) is 0 Å². The van der Waals surface area contributed by atoms with Gasteiger partial charge in [-0.3, -0.25) is 4.79 Å². The van der Waals surface area contributed by atoms with Crippen LogP contribution < -0.4 is 0 Å². The molecule has 6 aromatic carbocycles. The number of Topliss-reactive ketones (excluding diaryl/α,β-unsaturated/α-hetero) is 1. The van der Waals surface area contributed by atoms with E-state index in [1.54, 1.807) is 6.92 Å². The first-order valence-electron chi connectivity index (χ1n) is 13.4. The molecule has 0 aromatic heterocycles. The van der Waals surface area contributed by atoms with E-state index in [0.717, 1.165) is 16.7 Å². The Hall–Kier alpha value is -4.23. The van der Waals surface area contributed by atoms with E-state index < -0.39 is 0 Å². The summed E-state index contributed by atoms with van der Waals surface area (Å²) >= 11 is 0. The molecule has 0 saturated carbocycles. The number of hydrogen-bond donors (Lipinski definition) is 0. The Morgan fingerprint density at radius 2 is 1.08 bits per heavy atom. The fourth-order valence-electron chi connectivity index (χ4n) is 5.45. The zero-order chi connectivity index (χ0) is 26.8. The zero-order valence-corrected chi connectivity index (χ0v) is 22.9. The fraction of sp³-hybridized carbons (Fsp3) is 0.162. The molecule has 0 aliphatic rings. The van der Waals surface area contributed by atoms with Gasteiger partial charge >= 0.3 is 0 Å². The molecule has 0 saturated heterocycles. The Balaban J connectivity index is 0.000000155. The lowest BCUT2D eigenvalue weighted by Gasteiger charge is -2.13. The second-order valence-electron chi connectivity index (χ2n) is 10.4. The maximum Gasteiger partial charge on any atom is 0.160 e. The molecule has 6 rings (SSSR count). The molecule has 0 spiro atoms. The summed E-state index contributed by atoms with van der Waals surface area (Å²) in [7, 11) is 0. The van der Waals surface area contributed by atoms with Crippen molar-refractivity contribution in [1.82, 2.24) is 0 Å². The molecule has 38 heavy (non-hydrogen) atoms. The van der Waals surface area contributed by atoms with Crippen LogP contribution >= 0.6 is 0 Å². The Kier molecular flexibility index (Phi) is 7.11. The quantitative estimate of drug-likeness (QED) is 0.177. The summed E-state index contributed by atoms with van der Waals surface area (Å²) in [4.78, 5) is 11.8. The Labute approximate surface area is 225 Å². The van der Waals surface area contributed by atoms with Crippen molar-refractivity contribution in [3.8, 4) is 11.1 Å². The minimum atomic E-state index is 0.116. The molecule has 0 fully saturated rings. The monoisotopic (exact) mass is 494 g/mol. The number of ketones is 1. The minimum absolute atomic E-state index is 0.116. The molecule has 0 atom stereocenters. The fourth-order valence-corrected chi connectivity index (χ4v) is 5.45. The number of hydrogen-bond acceptors (Lipinski definition) is 1. The Morgan fingerprint density at radius 1 is 0.553 bits per heavy atom. The standard InChI is InChI=1S/C19H14.C18H20O/c1-13-7-6-12-18-16-9-3-2-8-14(16)15-10-4-5-11-17(15)19(13)18;1-12(2)15-10-9-13(3)18(11-15)17-8-6-5-7-16(17)14(4)19/h2-12H,1H3;5-12H,1-4H3. The van der Waals surface area contributed by atoms with Crippen molar-refractivity contribution in [2.24, 2.45) is 0 Å². The molecule has 0 heterocycles. The summed E-state index contributed by atoms with van der Waals surface area (Å²) in [6.07, 6.45) is 0. The van der Waals surface area contributed by atoms with Gasteiger partial charge in [0.15, 0.2) is 5.78 Å². The van der Waals surface area contributed by atoms with E-state index in [2.05, 4.69) is 113 Å². The van der Waals surface area contributed by atoms with E-state index >= 15 is 0 Å². The van der Waals surface area contributed by atoms with Gasteiger partial charge in [-0.2, -0.15) is 0 Å². The third-order valence-electron chi connectivity index (χ3n) is 7.50. The highest BCUT2D eigenvalue weighted by Crippen LogP contribution is 2.36. The van der Waals surface area contributed by atoms with E-state index in [9.17, 15) is 4.79 Å². The van der Waals surface area contributed by atoms with E-state index in [1.807, 2.05) is 24.3 Å². The zero-order valence-electron chi connectivity index (χ0n) is 22.9. The summed E-state index contributed by atoms with van der Waals surface area (Å²) < 4.78 is 0. The molecule has 0 unspecified atom stereocenters. The molecule has 0 radical (unpaired) electrons. The Morgan fingerprint density at radius 3 is 1.68 bits per heavy atom. The van der Waals surface area contributed by atoms with Gasteiger partial charge in [0, 0.05) is 5.56 Å². The third kappa shape index (κ3) is 4.73. The van der Waals surface area contributed by atoms with Gasteiger partial charge in [0.2, 0.25) is 0 Å². The number of carbonyl (C=O) groups excluding carboxylic acids is 1. The highest BCUT2D eigenvalue weighted by atomic mass is 16.1. The van der Waals surface area contributed by atoms with Gasteiger partial charge in [-0.05, 0) is 86.8 Å². The first kappa shape index (κ1) is 25.4. The first-order valence-corrected chi connectivity index (χ1v) is 13.4. The van der Waals surface area contributed by atoms with Crippen molar-refractivity contribution >= 4 is 38.1 Å². The van der Waals surface area contributed by atoms with Gasteiger partial charge in [0.25, 0.3) is 0 Å². The highest BCUT2D eigenvalue weighted by molar-refractivity contribution is 6.26. The van der Waals surface area contributed by atoms with Crippen molar-refractivity contribution in [3.05, 3.63) is 131 Å². The van der Waals surface area contributed by atoms with Crippen molar-refractivity contribution in [1.29, 1.82) is 0 Å². The minimum Gasteiger partial charge on any atom is -0.294 e. The van der Waals surface area contributed by atoms with E-state index in [1.165, 1.54) is 49.0 Å². The predicted molar refractivity (Wildman–Crippen MR) is 164 cm³/mol. The van der Waals surface area contributed by atoms with Crippen LogP contribution in [0.3, 0.4) is 0 Å². The summed E-state index contributed by atoms with van der Waals surface area (Å²) in [6.45, 7) is 10.3. The van der Waals surface area contributed by atoms with Crippen LogP contribution in [-0.4, -0.2) is 5.78 Å². The molecule has 188 valence electrons. The molecule has 0 amide bonds. The molecule has 0 aliphatic carbocycles. The van der Waals surface area contributed by atoms with Crippen LogP contribution in [0, 0.1) is 13.8 Å². The van der Waals surface area contributed by atoms with Gasteiger partial charge in [-0.15, -0.1) is 0 Å². The van der Waals surface area contributed by atoms with Crippen LogP contribution in [-0.2, 0) is 0 Å². The number of benzene rings is 6. The number of carbonyl (C=O) groups is 1. The predicted octanol–water partition coefficient (Wildman–Crippen LogP) is 10.4. The van der Waals surface area contributed by atoms with Gasteiger partial charge in [0.1, 0.15) is 0 Å². The van der Waals surface area contributed by atoms with Crippen molar-refractivity contribution in [2.75, 3.05) is 0 Å². The van der Waals surface area contributed by atoms with E-state index in [0.29, 0.717) is 5.92 Å². The average molecular weight is 495 g/mol. The first-order chi connectivity index (χ1) is 18.4. The number of rotatable bonds is 3. The third-order valence-corrected chi connectivity index (χ3v) is 7.50. The normalized spacial score (nSPS) is 11.1. The molecule has 0 bridgehead atoms. The number of aryl methyl sites for hydroxylation is 2. The van der Waals surface area contributed by atoms with Crippen LogP contribution in [0.5, 0.6) is 0 Å². The van der Waals surface area contributed by atoms with Crippen LogP contribution in [0.1, 0.15) is 53.7 Å². The van der Waals surface area contributed by atoms with Crippen LogP contribution in [0.15, 0.2) is 109 Å². The highest BCUT2D eigenvalue weighted by Gasteiger charge is 2.12. The molecular formula is C37H34O. The van der Waals surface area contributed by atoms with Gasteiger partial charge < -0.3 is 0 Å². The van der Waals surface area contributed by atoms with Crippen LogP contribution in [0.2, 0.25) is 0 Å². The lowest BCUT2D eigenvalue weighted by atomic mass is 9.90. The summed E-state index contributed by atoms with van der Waals surface area (Å²) in [5, 5.41) is 8.14. The van der Waals surface area contributed by atoms with Gasteiger partial charge in [-0.1, -0.05) is 123 Å². The molecule has 6 aromatic rings. The number of fused-ring (bicyclic) bond motifs is 6. The molecule has 1 nitrogen and oxygen atoms in total. The Bertz CT molecular complexity index is 1740. The van der Waals surface area contributed by atoms with Gasteiger partial charge in [0.05, 0.1) is 0 Å². The average Bonchev–Trinajstić information content (AvgIpc) is 2.93. The maximum atomic E-state index is 11.8. The molecule has 1 heteroatoms. The molecule has 0 N–H and O–H groups in total. The van der Waals surface area contributed by atoms with Crippen LogP contribution in [0.25, 0.3) is 43.4 Å². The molecular weight excluding hydrogens is 460 g/mol. The second kappa shape index (κ2) is 10.6. The van der Waals surface area contributed by atoms with E-state index in [-0.39, 0.29) is 5.78 Å². The topological polar surface area (TPSA) is 17.1 Å². The van der Waals surface area contributed by atoms with Crippen molar-refractivity contribution < 1.29 is 4.79 Å². The smallest absolute Gasteiger partial charge is 0.160 e. The lowest BCUT2D eigenvalue weighted by molar-refractivity contribution is 0.101. The van der Waals surface area contributed by atoms with Gasteiger partial charge in [-0.25, -0.2) is 0 Å². The largest absolute Gasteiger partial charge is 0.294 e. The summed E-state index contributed by atoms with van der Waals surface area (Å²) in [5.41, 5.74) is 6.86. The summed E-state index contributed by atoms with van der Waals surface area (Å²) in [5.74, 6) is 0.605. The SMILES string of the molecule is CC(=O)c1ccccc1-c1cc(C(C)C)ccc1C.Cc1cccc2c3ccccc3c3ccccc3c12. The van der Waals surface area contributed by atoms with Crippen LogP contribution in [0.4, 0.5) is 0 Å².